The number of nitriles is 1. The zero-order valence-electron chi connectivity index (χ0n) is 19.0. The topological polar surface area (TPSA) is 68.4 Å². The summed E-state index contributed by atoms with van der Waals surface area (Å²) in [5, 5.41) is 9.01. The first-order chi connectivity index (χ1) is 14.9. The van der Waals surface area contributed by atoms with Gasteiger partial charge in [0.05, 0.1) is 12.5 Å². The molecule has 0 atom stereocenters. The lowest BCUT2D eigenvalue weighted by molar-refractivity contribution is 0.566. The summed E-state index contributed by atoms with van der Waals surface area (Å²) >= 11 is 0. The van der Waals surface area contributed by atoms with E-state index in [1.54, 1.807) is 13.3 Å². The summed E-state index contributed by atoms with van der Waals surface area (Å²) in [5.41, 5.74) is 4.79. The Morgan fingerprint density at radius 1 is 1.26 bits per heavy atom. The molecule has 6 nitrogen and oxygen atoms in total. The van der Waals surface area contributed by atoms with Crippen LogP contribution in [0.5, 0.6) is 0 Å². The summed E-state index contributed by atoms with van der Waals surface area (Å²) in [7, 11) is 7.64. The normalized spacial score (nSPS) is 12.0. The Balaban J connectivity index is 2.59. The Hall–Kier alpha value is -3.72. The standard InChI is InChI=1S/C25H30N6/c1-7-19(16-27-3)23-17-28-24(29-25(23)31(6)14-10-13-26)22-12-9-11-21(15-22)20(8-2)18-30(4)5/h7-9,11-12,15-18H,2,10,14H2,1,3-6H3/b19-7+,20-18+,27-16?. The molecule has 0 aliphatic rings. The van der Waals surface area contributed by atoms with Crippen LogP contribution in [0.15, 0.2) is 60.4 Å². The van der Waals surface area contributed by atoms with Crippen molar-refractivity contribution in [1.29, 1.82) is 5.26 Å². The first-order valence-electron chi connectivity index (χ1n) is 10.1. The Labute approximate surface area is 185 Å². The molecule has 1 aromatic carbocycles. The highest BCUT2D eigenvalue weighted by molar-refractivity contribution is 6.11. The lowest BCUT2D eigenvalue weighted by atomic mass is 10.0. The van der Waals surface area contributed by atoms with Crippen LogP contribution < -0.4 is 4.90 Å². The maximum Gasteiger partial charge on any atom is 0.161 e. The summed E-state index contributed by atoms with van der Waals surface area (Å²) in [6.45, 7) is 6.47. The molecule has 0 aliphatic heterocycles. The number of aromatic nitrogens is 2. The number of anilines is 1. The number of hydrogen-bond donors (Lipinski definition) is 0. The highest BCUT2D eigenvalue weighted by atomic mass is 15.2. The lowest BCUT2D eigenvalue weighted by Gasteiger charge is -2.21. The fraction of sp³-hybridized carbons (Fsp3) is 0.280. The second kappa shape index (κ2) is 11.5. The smallest absolute Gasteiger partial charge is 0.161 e. The van der Waals surface area contributed by atoms with Gasteiger partial charge in [0.15, 0.2) is 5.82 Å². The number of nitrogens with zero attached hydrogens (tertiary/aromatic N) is 6. The molecule has 0 unspecified atom stereocenters. The van der Waals surface area contributed by atoms with Crippen molar-refractivity contribution < 1.29 is 0 Å². The second-order valence-electron chi connectivity index (χ2n) is 7.22. The Morgan fingerprint density at radius 3 is 2.65 bits per heavy atom. The van der Waals surface area contributed by atoms with Gasteiger partial charge in [0, 0.05) is 70.0 Å². The average molecular weight is 415 g/mol. The van der Waals surface area contributed by atoms with Gasteiger partial charge in [-0.25, -0.2) is 9.97 Å². The minimum absolute atomic E-state index is 0.413. The Bertz CT molecular complexity index is 1040. The summed E-state index contributed by atoms with van der Waals surface area (Å²) in [5.74, 6) is 1.40. The molecule has 1 heterocycles. The SMILES string of the molecule is C=C/C(=C\N(C)C)c1cccc(-c2ncc(/C(C=NC)=C/C)c(N(C)CCC#N)n2)c1. The van der Waals surface area contributed by atoms with E-state index in [4.69, 9.17) is 10.2 Å². The summed E-state index contributed by atoms with van der Waals surface area (Å²) < 4.78 is 0. The van der Waals surface area contributed by atoms with Crippen molar-refractivity contribution in [3.05, 3.63) is 66.5 Å². The summed E-state index contributed by atoms with van der Waals surface area (Å²) in [6.07, 6.45) is 9.88. The van der Waals surface area contributed by atoms with E-state index < -0.39 is 0 Å². The van der Waals surface area contributed by atoms with Crippen molar-refractivity contribution in [2.75, 3.05) is 39.6 Å². The molecule has 1 aromatic heterocycles. The molecule has 6 heteroatoms. The predicted molar refractivity (Wildman–Crippen MR) is 131 cm³/mol. The molecular weight excluding hydrogens is 384 g/mol. The van der Waals surface area contributed by atoms with Crippen LogP contribution in [0.4, 0.5) is 5.82 Å². The predicted octanol–water partition coefficient (Wildman–Crippen LogP) is 4.69. The van der Waals surface area contributed by atoms with E-state index in [0.29, 0.717) is 18.8 Å². The lowest BCUT2D eigenvalue weighted by Crippen LogP contribution is -2.21. The van der Waals surface area contributed by atoms with Crippen LogP contribution >= 0.6 is 0 Å². The van der Waals surface area contributed by atoms with Crippen LogP contribution in [0, 0.1) is 11.3 Å². The van der Waals surface area contributed by atoms with Gasteiger partial charge in [-0.15, -0.1) is 0 Å². The third kappa shape index (κ3) is 6.13. The number of benzene rings is 1. The maximum atomic E-state index is 9.01. The van der Waals surface area contributed by atoms with E-state index in [1.807, 2.05) is 80.6 Å². The van der Waals surface area contributed by atoms with Crippen LogP contribution in [0.3, 0.4) is 0 Å². The third-order valence-electron chi connectivity index (χ3n) is 4.65. The first kappa shape index (κ1) is 23.6. The van der Waals surface area contributed by atoms with Gasteiger partial charge in [-0.1, -0.05) is 36.9 Å². The Kier molecular flexibility index (Phi) is 8.71. The fourth-order valence-electron chi connectivity index (χ4n) is 3.13. The molecule has 0 amide bonds. The van der Waals surface area contributed by atoms with Crippen molar-refractivity contribution in [3.63, 3.8) is 0 Å². The zero-order valence-corrected chi connectivity index (χ0v) is 19.0. The number of aliphatic imine (C=N–C) groups is 1. The first-order valence-corrected chi connectivity index (χ1v) is 10.1. The Morgan fingerprint density at radius 2 is 2.03 bits per heavy atom. The largest absolute Gasteiger partial charge is 0.383 e. The summed E-state index contributed by atoms with van der Waals surface area (Å²) in [4.78, 5) is 17.7. The van der Waals surface area contributed by atoms with E-state index >= 15 is 0 Å². The molecule has 0 saturated heterocycles. The molecule has 0 spiro atoms. The van der Waals surface area contributed by atoms with Crippen LogP contribution in [-0.2, 0) is 0 Å². The van der Waals surface area contributed by atoms with Gasteiger partial charge in [0.25, 0.3) is 0 Å². The highest BCUT2D eigenvalue weighted by Gasteiger charge is 2.15. The van der Waals surface area contributed by atoms with Crippen molar-refractivity contribution >= 4 is 23.2 Å². The number of rotatable bonds is 9. The van der Waals surface area contributed by atoms with Gasteiger partial charge in [-0.3, -0.25) is 4.99 Å². The van der Waals surface area contributed by atoms with E-state index in [2.05, 4.69) is 28.7 Å². The molecule has 0 N–H and O–H groups in total. The fourth-order valence-corrected chi connectivity index (χ4v) is 3.13. The van der Waals surface area contributed by atoms with Gasteiger partial charge >= 0.3 is 0 Å². The van der Waals surface area contributed by atoms with Gasteiger partial charge in [-0.05, 0) is 24.1 Å². The molecule has 2 rings (SSSR count). The minimum Gasteiger partial charge on any atom is -0.383 e. The molecule has 31 heavy (non-hydrogen) atoms. The zero-order chi connectivity index (χ0) is 22.8. The van der Waals surface area contributed by atoms with Crippen molar-refractivity contribution in [3.8, 4) is 17.5 Å². The van der Waals surface area contributed by atoms with Gasteiger partial charge < -0.3 is 9.80 Å². The molecular formula is C25H30N6. The second-order valence-corrected chi connectivity index (χ2v) is 7.22. The summed E-state index contributed by atoms with van der Waals surface area (Å²) in [6, 6.07) is 10.3. The van der Waals surface area contributed by atoms with Crippen molar-refractivity contribution in [2.24, 2.45) is 4.99 Å². The number of allylic oxidation sites excluding steroid dienone is 4. The van der Waals surface area contributed by atoms with Crippen molar-refractivity contribution in [1.82, 2.24) is 14.9 Å². The van der Waals surface area contributed by atoms with E-state index in [1.165, 1.54) is 0 Å². The van der Waals surface area contributed by atoms with Crippen LogP contribution in [0.1, 0.15) is 24.5 Å². The molecule has 160 valence electrons. The van der Waals surface area contributed by atoms with Crippen molar-refractivity contribution in [2.45, 2.75) is 13.3 Å². The molecule has 0 radical (unpaired) electrons. The van der Waals surface area contributed by atoms with Crippen LogP contribution in [0.2, 0.25) is 0 Å². The van der Waals surface area contributed by atoms with Crippen LogP contribution in [0.25, 0.3) is 22.5 Å². The quantitative estimate of drug-likeness (QED) is 0.440. The monoisotopic (exact) mass is 414 g/mol. The molecule has 0 fully saturated rings. The van der Waals surface area contributed by atoms with Gasteiger partial charge in [0.1, 0.15) is 5.82 Å². The molecule has 2 aromatic rings. The van der Waals surface area contributed by atoms with E-state index in [-0.39, 0.29) is 0 Å². The van der Waals surface area contributed by atoms with E-state index in [9.17, 15) is 0 Å². The minimum atomic E-state index is 0.413. The molecule has 0 aliphatic carbocycles. The van der Waals surface area contributed by atoms with Gasteiger partial charge in [0.2, 0.25) is 0 Å². The average Bonchev–Trinajstić information content (AvgIpc) is 2.79. The third-order valence-corrected chi connectivity index (χ3v) is 4.65. The molecule has 0 saturated carbocycles. The van der Waals surface area contributed by atoms with Gasteiger partial charge in [-0.2, -0.15) is 5.26 Å². The van der Waals surface area contributed by atoms with E-state index in [0.717, 1.165) is 33.7 Å². The van der Waals surface area contributed by atoms with Crippen LogP contribution in [-0.4, -0.2) is 55.8 Å². The number of hydrogen-bond acceptors (Lipinski definition) is 6. The highest BCUT2D eigenvalue weighted by Crippen LogP contribution is 2.28. The maximum absolute atomic E-state index is 9.01. The molecule has 0 bridgehead atoms.